The van der Waals surface area contributed by atoms with Gasteiger partial charge < -0.3 is 10.6 Å². The Kier molecular flexibility index (Phi) is 5.54. The zero-order valence-electron chi connectivity index (χ0n) is 14.7. The van der Waals surface area contributed by atoms with Crippen LogP contribution in [0.2, 0.25) is 5.02 Å². The zero-order valence-corrected chi connectivity index (χ0v) is 15.4. The molecule has 2 N–H and O–H groups in total. The summed E-state index contributed by atoms with van der Waals surface area (Å²) >= 11 is 5.86. The molecule has 2 aromatic carbocycles. The van der Waals surface area contributed by atoms with E-state index in [1.807, 2.05) is 12.1 Å². The van der Waals surface area contributed by atoms with Crippen LogP contribution in [0.3, 0.4) is 0 Å². The molecule has 0 aliphatic rings. The molecule has 1 heterocycles. The quantitative estimate of drug-likeness (QED) is 0.595. The number of carbonyl (C=O) groups excluding carboxylic acids is 1. The minimum Gasteiger partial charge on any atom is -0.354 e. The third-order valence-corrected chi connectivity index (χ3v) is 4.22. The van der Waals surface area contributed by atoms with Gasteiger partial charge >= 0.3 is 0 Å². The summed E-state index contributed by atoms with van der Waals surface area (Å²) in [6.07, 6.45) is 3.23. The highest BCUT2D eigenvalue weighted by Crippen LogP contribution is 2.21. The molecular weight excluding hydrogens is 346 g/mol. The van der Waals surface area contributed by atoms with E-state index in [0.29, 0.717) is 22.2 Å². The third-order valence-electron chi connectivity index (χ3n) is 3.97. The second kappa shape index (κ2) is 8.02. The van der Waals surface area contributed by atoms with E-state index in [4.69, 9.17) is 11.6 Å². The van der Waals surface area contributed by atoms with E-state index in [9.17, 15) is 4.79 Å². The molecule has 0 atom stereocenters. The summed E-state index contributed by atoms with van der Waals surface area (Å²) in [5, 5.41) is 6.73. The Hall–Kier alpha value is -2.85. The van der Waals surface area contributed by atoms with Crippen LogP contribution in [0.5, 0.6) is 0 Å². The molecule has 1 amide bonds. The summed E-state index contributed by atoms with van der Waals surface area (Å²) in [6.45, 7) is 4.32. The molecule has 0 saturated heterocycles. The van der Waals surface area contributed by atoms with E-state index < -0.39 is 0 Å². The second-order valence-electron chi connectivity index (χ2n) is 6.33. The van der Waals surface area contributed by atoms with Crippen molar-refractivity contribution in [2.75, 3.05) is 10.6 Å². The Morgan fingerprint density at radius 3 is 2.23 bits per heavy atom. The highest BCUT2D eigenvalue weighted by Gasteiger charge is 2.08. The van der Waals surface area contributed by atoms with Gasteiger partial charge in [-0.25, -0.2) is 0 Å². The van der Waals surface area contributed by atoms with Crippen LogP contribution in [0.25, 0.3) is 0 Å². The largest absolute Gasteiger partial charge is 0.354 e. The molecular formula is C21H20ClN3O. The fourth-order valence-corrected chi connectivity index (χ4v) is 2.61. The van der Waals surface area contributed by atoms with Gasteiger partial charge in [0, 0.05) is 22.6 Å². The van der Waals surface area contributed by atoms with Crippen molar-refractivity contribution in [2.24, 2.45) is 0 Å². The molecule has 3 aromatic rings. The number of anilines is 3. The SMILES string of the molecule is CC(C)c1ccc(Nc2cncc(C(=O)Nc3ccc(Cl)cc3)c2)cc1. The fraction of sp³-hybridized carbons (Fsp3) is 0.143. The fourth-order valence-electron chi connectivity index (χ4n) is 2.49. The average molecular weight is 366 g/mol. The van der Waals surface area contributed by atoms with E-state index in [-0.39, 0.29) is 5.91 Å². The number of hydrogen-bond acceptors (Lipinski definition) is 3. The van der Waals surface area contributed by atoms with Crippen molar-refractivity contribution < 1.29 is 4.79 Å². The molecule has 0 unspecified atom stereocenters. The lowest BCUT2D eigenvalue weighted by Gasteiger charge is -2.10. The number of hydrogen-bond donors (Lipinski definition) is 2. The number of pyridine rings is 1. The first-order valence-electron chi connectivity index (χ1n) is 8.40. The second-order valence-corrected chi connectivity index (χ2v) is 6.76. The first kappa shape index (κ1) is 18.0. The molecule has 4 nitrogen and oxygen atoms in total. The Morgan fingerprint density at radius 1 is 0.923 bits per heavy atom. The molecule has 132 valence electrons. The Labute approximate surface area is 158 Å². The van der Waals surface area contributed by atoms with Crippen molar-refractivity contribution in [1.29, 1.82) is 0 Å². The number of amides is 1. The van der Waals surface area contributed by atoms with Gasteiger partial charge in [0.15, 0.2) is 0 Å². The maximum Gasteiger partial charge on any atom is 0.257 e. The molecule has 3 rings (SSSR count). The minimum atomic E-state index is -0.223. The molecule has 0 radical (unpaired) electrons. The molecule has 0 spiro atoms. The van der Waals surface area contributed by atoms with Gasteiger partial charge in [-0.05, 0) is 53.9 Å². The third kappa shape index (κ3) is 4.61. The van der Waals surface area contributed by atoms with Gasteiger partial charge in [-0.1, -0.05) is 37.6 Å². The predicted molar refractivity (Wildman–Crippen MR) is 107 cm³/mol. The Balaban J connectivity index is 1.71. The molecule has 0 fully saturated rings. The Morgan fingerprint density at radius 2 is 1.58 bits per heavy atom. The van der Waals surface area contributed by atoms with Gasteiger partial charge in [-0.15, -0.1) is 0 Å². The minimum absolute atomic E-state index is 0.223. The average Bonchev–Trinajstić information content (AvgIpc) is 2.64. The standard InChI is InChI=1S/C21H20ClN3O/c1-14(2)15-3-7-18(8-4-15)24-20-11-16(12-23-13-20)21(26)25-19-9-5-17(22)6-10-19/h3-14,24H,1-2H3,(H,25,26). The molecule has 0 aliphatic carbocycles. The van der Waals surface area contributed by atoms with Crippen LogP contribution >= 0.6 is 11.6 Å². The number of halogens is 1. The van der Waals surface area contributed by atoms with Crippen LogP contribution in [0.1, 0.15) is 35.7 Å². The van der Waals surface area contributed by atoms with Gasteiger partial charge in [-0.2, -0.15) is 0 Å². The van der Waals surface area contributed by atoms with E-state index in [0.717, 1.165) is 11.4 Å². The highest BCUT2D eigenvalue weighted by atomic mass is 35.5. The molecule has 0 aliphatic heterocycles. The molecule has 0 bridgehead atoms. The molecule has 26 heavy (non-hydrogen) atoms. The van der Waals surface area contributed by atoms with Gasteiger partial charge in [0.05, 0.1) is 17.4 Å². The maximum atomic E-state index is 12.4. The van der Waals surface area contributed by atoms with E-state index in [1.165, 1.54) is 11.8 Å². The number of nitrogens with zero attached hydrogens (tertiary/aromatic N) is 1. The molecule has 1 aromatic heterocycles. The summed E-state index contributed by atoms with van der Waals surface area (Å²) in [4.78, 5) is 16.6. The van der Waals surface area contributed by atoms with Gasteiger partial charge in [0.2, 0.25) is 0 Å². The van der Waals surface area contributed by atoms with Crippen LogP contribution < -0.4 is 10.6 Å². The summed E-state index contributed by atoms with van der Waals surface area (Å²) in [6, 6.07) is 17.0. The predicted octanol–water partition coefficient (Wildman–Crippen LogP) is 5.85. The first-order valence-corrected chi connectivity index (χ1v) is 8.78. The van der Waals surface area contributed by atoms with Gasteiger partial charge in [0.1, 0.15) is 0 Å². The topological polar surface area (TPSA) is 54.0 Å². The monoisotopic (exact) mass is 365 g/mol. The van der Waals surface area contributed by atoms with Crippen molar-refractivity contribution in [3.05, 3.63) is 83.1 Å². The van der Waals surface area contributed by atoms with Crippen molar-refractivity contribution in [2.45, 2.75) is 19.8 Å². The Bertz CT molecular complexity index is 890. The zero-order chi connectivity index (χ0) is 18.5. The van der Waals surface area contributed by atoms with Crippen molar-refractivity contribution in [1.82, 2.24) is 4.98 Å². The van der Waals surface area contributed by atoms with E-state index in [1.54, 1.807) is 36.5 Å². The maximum absolute atomic E-state index is 12.4. The summed E-state index contributed by atoms with van der Waals surface area (Å²) in [7, 11) is 0. The summed E-state index contributed by atoms with van der Waals surface area (Å²) in [5.74, 6) is 0.268. The number of rotatable bonds is 5. The smallest absolute Gasteiger partial charge is 0.257 e. The van der Waals surface area contributed by atoms with Crippen LogP contribution in [0, 0.1) is 0 Å². The lowest BCUT2D eigenvalue weighted by atomic mass is 10.0. The number of benzene rings is 2. The van der Waals surface area contributed by atoms with Gasteiger partial charge in [0.25, 0.3) is 5.91 Å². The molecule has 5 heteroatoms. The number of nitrogens with one attached hydrogen (secondary N) is 2. The van der Waals surface area contributed by atoms with Crippen molar-refractivity contribution in [3.63, 3.8) is 0 Å². The van der Waals surface area contributed by atoms with Crippen LogP contribution in [0.4, 0.5) is 17.1 Å². The number of aromatic nitrogens is 1. The first-order chi connectivity index (χ1) is 12.5. The van der Waals surface area contributed by atoms with E-state index >= 15 is 0 Å². The van der Waals surface area contributed by atoms with Crippen LogP contribution in [-0.4, -0.2) is 10.9 Å². The lowest BCUT2D eigenvalue weighted by molar-refractivity contribution is 0.102. The normalized spacial score (nSPS) is 10.6. The highest BCUT2D eigenvalue weighted by molar-refractivity contribution is 6.30. The van der Waals surface area contributed by atoms with Gasteiger partial charge in [-0.3, -0.25) is 9.78 Å². The molecule has 0 saturated carbocycles. The summed E-state index contributed by atoms with van der Waals surface area (Å²) < 4.78 is 0. The van der Waals surface area contributed by atoms with Crippen LogP contribution in [0.15, 0.2) is 67.0 Å². The number of carbonyl (C=O) groups is 1. The lowest BCUT2D eigenvalue weighted by Crippen LogP contribution is -2.12. The van der Waals surface area contributed by atoms with Crippen LogP contribution in [-0.2, 0) is 0 Å². The van der Waals surface area contributed by atoms with Crippen molar-refractivity contribution >= 4 is 34.6 Å². The van der Waals surface area contributed by atoms with Crippen molar-refractivity contribution in [3.8, 4) is 0 Å². The van der Waals surface area contributed by atoms with E-state index in [2.05, 4.69) is 41.6 Å². The summed E-state index contributed by atoms with van der Waals surface area (Å²) in [5.41, 5.74) is 4.15.